The van der Waals surface area contributed by atoms with Crippen molar-refractivity contribution >= 4 is 39.8 Å². The lowest BCUT2D eigenvalue weighted by Crippen LogP contribution is -2.43. The van der Waals surface area contributed by atoms with Crippen LogP contribution < -0.4 is 16.0 Å². The first-order valence-corrected chi connectivity index (χ1v) is 10.9. The van der Waals surface area contributed by atoms with Crippen LogP contribution in [0.25, 0.3) is 22.3 Å². The fraction of sp³-hybridized carbons (Fsp3) is 0.208. The molecule has 0 saturated carbocycles. The van der Waals surface area contributed by atoms with Gasteiger partial charge in [-0.15, -0.1) is 0 Å². The molecule has 7 nitrogen and oxygen atoms in total. The number of aromatic nitrogens is 3. The van der Waals surface area contributed by atoms with E-state index in [1.807, 2.05) is 12.1 Å². The molecule has 0 spiro atoms. The van der Waals surface area contributed by atoms with E-state index in [1.54, 1.807) is 24.5 Å². The van der Waals surface area contributed by atoms with Crippen LogP contribution in [0.4, 0.5) is 21.6 Å². The molecule has 1 aromatic carbocycles. The van der Waals surface area contributed by atoms with Crippen LogP contribution in [0.3, 0.4) is 0 Å². The molecule has 1 aliphatic rings. The van der Waals surface area contributed by atoms with Crippen LogP contribution in [0.1, 0.15) is 12.8 Å². The first-order chi connectivity index (χ1) is 16.0. The SMILES string of the molecule is N[C@@H]1CCCN(c2ccc(Nc3[c]cnc4ccc(-c5cc(F)c(O)c(Cl)c5)nc34)cn2)C1. The molecule has 3 aromatic heterocycles. The van der Waals surface area contributed by atoms with Gasteiger partial charge in [0.15, 0.2) is 11.6 Å². The molecule has 1 aliphatic heterocycles. The summed E-state index contributed by atoms with van der Waals surface area (Å²) >= 11 is 5.94. The van der Waals surface area contributed by atoms with E-state index in [9.17, 15) is 9.50 Å². The third-order valence-electron chi connectivity index (χ3n) is 5.63. The summed E-state index contributed by atoms with van der Waals surface area (Å²) in [5.41, 5.74) is 9.61. The van der Waals surface area contributed by atoms with Gasteiger partial charge in [0.25, 0.3) is 0 Å². The van der Waals surface area contributed by atoms with Crippen molar-refractivity contribution in [1.29, 1.82) is 0 Å². The predicted molar refractivity (Wildman–Crippen MR) is 127 cm³/mol. The van der Waals surface area contributed by atoms with Crippen LogP contribution in [0.15, 0.2) is 48.8 Å². The molecule has 0 bridgehead atoms. The van der Waals surface area contributed by atoms with E-state index in [4.69, 9.17) is 17.3 Å². The van der Waals surface area contributed by atoms with Crippen LogP contribution in [0, 0.1) is 11.9 Å². The number of phenolic OH excluding ortho intramolecular Hbond substituents is 1. The molecule has 5 rings (SSSR count). The van der Waals surface area contributed by atoms with Gasteiger partial charge in [0.05, 0.1) is 33.8 Å². The fourth-order valence-corrected chi connectivity index (χ4v) is 4.16. The van der Waals surface area contributed by atoms with Crippen LogP contribution in [0.5, 0.6) is 5.75 Å². The number of hydrogen-bond acceptors (Lipinski definition) is 7. The van der Waals surface area contributed by atoms with Gasteiger partial charge in [-0.3, -0.25) is 4.98 Å². The zero-order valence-electron chi connectivity index (χ0n) is 17.6. The minimum atomic E-state index is -0.809. The van der Waals surface area contributed by atoms with Gasteiger partial charge in [0.2, 0.25) is 0 Å². The number of aromatic hydroxyl groups is 1. The number of nitrogens with zero attached hydrogens (tertiary/aromatic N) is 4. The fourth-order valence-electron chi connectivity index (χ4n) is 3.95. The van der Waals surface area contributed by atoms with E-state index in [-0.39, 0.29) is 11.1 Å². The van der Waals surface area contributed by atoms with Crippen molar-refractivity contribution in [2.24, 2.45) is 5.73 Å². The van der Waals surface area contributed by atoms with Crippen LogP contribution in [-0.2, 0) is 0 Å². The highest BCUT2D eigenvalue weighted by Gasteiger charge is 2.18. The Morgan fingerprint density at radius 2 is 2.09 bits per heavy atom. The van der Waals surface area contributed by atoms with E-state index in [0.29, 0.717) is 28.0 Å². The van der Waals surface area contributed by atoms with Gasteiger partial charge in [-0.05, 0) is 49.2 Å². The Labute approximate surface area is 195 Å². The Kier molecular flexibility index (Phi) is 5.70. The quantitative estimate of drug-likeness (QED) is 0.404. The third kappa shape index (κ3) is 4.40. The highest BCUT2D eigenvalue weighted by atomic mass is 35.5. The number of pyridine rings is 3. The molecule has 1 saturated heterocycles. The zero-order valence-corrected chi connectivity index (χ0v) is 18.3. The molecule has 0 unspecified atom stereocenters. The number of anilines is 3. The molecular formula is C24H21ClFN6O. The van der Waals surface area contributed by atoms with E-state index >= 15 is 0 Å². The Bertz CT molecular complexity index is 1290. The lowest BCUT2D eigenvalue weighted by Gasteiger charge is -2.31. The maximum absolute atomic E-state index is 14.0. The molecular weight excluding hydrogens is 443 g/mol. The Hall–Kier alpha value is -3.49. The molecule has 1 atom stereocenters. The standard InChI is InChI=1S/C24H21ClFN6O/c25-17-10-14(11-18(26)24(17)33)19-4-5-20-23(31-19)21(7-8-28-20)30-16-3-6-22(29-12-16)32-9-1-2-15(27)13-32/h3-6,8,10-12,15,33H,1-2,9,13,27H2,(H,28,30)/t15-/m1/s1. The van der Waals surface area contributed by atoms with Crippen molar-refractivity contribution in [3.8, 4) is 17.0 Å². The highest BCUT2D eigenvalue weighted by molar-refractivity contribution is 6.32. The van der Waals surface area contributed by atoms with Crippen LogP contribution >= 0.6 is 11.6 Å². The third-order valence-corrected chi connectivity index (χ3v) is 5.92. The van der Waals surface area contributed by atoms with Gasteiger partial charge in [0, 0.05) is 37.0 Å². The van der Waals surface area contributed by atoms with Crippen molar-refractivity contribution in [2.45, 2.75) is 18.9 Å². The molecule has 167 valence electrons. The summed E-state index contributed by atoms with van der Waals surface area (Å²) in [6.07, 6.45) is 5.43. The van der Waals surface area contributed by atoms with Crippen LogP contribution in [0.2, 0.25) is 5.02 Å². The number of nitrogens with two attached hydrogens (primary N) is 1. The number of nitrogens with one attached hydrogen (secondary N) is 1. The maximum atomic E-state index is 14.0. The lowest BCUT2D eigenvalue weighted by atomic mass is 10.1. The summed E-state index contributed by atoms with van der Waals surface area (Å²) < 4.78 is 14.0. The number of phenols is 1. The number of halogens is 2. The summed E-state index contributed by atoms with van der Waals surface area (Å²) in [7, 11) is 0. The number of benzene rings is 1. The van der Waals surface area contributed by atoms with Gasteiger partial charge < -0.3 is 21.1 Å². The second-order valence-corrected chi connectivity index (χ2v) is 8.42. The average Bonchev–Trinajstić information content (AvgIpc) is 2.83. The van der Waals surface area contributed by atoms with Gasteiger partial charge in [-0.1, -0.05) is 11.6 Å². The van der Waals surface area contributed by atoms with E-state index in [2.05, 4.69) is 31.2 Å². The maximum Gasteiger partial charge on any atom is 0.170 e. The Morgan fingerprint density at radius 1 is 1.21 bits per heavy atom. The minimum absolute atomic E-state index is 0.0798. The van der Waals surface area contributed by atoms with Gasteiger partial charge in [-0.2, -0.15) is 0 Å². The van der Waals surface area contributed by atoms with Gasteiger partial charge in [0.1, 0.15) is 11.3 Å². The van der Waals surface area contributed by atoms with Crippen molar-refractivity contribution in [2.75, 3.05) is 23.3 Å². The largest absolute Gasteiger partial charge is 0.504 e. The summed E-state index contributed by atoms with van der Waals surface area (Å²) in [5.74, 6) is -0.497. The second-order valence-electron chi connectivity index (χ2n) is 8.01. The van der Waals surface area contributed by atoms with Gasteiger partial charge in [-0.25, -0.2) is 14.4 Å². The van der Waals surface area contributed by atoms with Crippen molar-refractivity contribution in [3.05, 3.63) is 65.7 Å². The molecule has 9 heteroatoms. The Balaban J connectivity index is 1.44. The number of hydrogen-bond donors (Lipinski definition) is 3. The lowest BCUT2D eigenvalue weighted by molar-refractivity contribution is 0.433. The van der Waals surface area contributed by atoms with E-state index in [0.717, 1.165) is 37.4 Å². The normalized spacial score (nSPS) is 16.2. The zero-order chi connectivity index (χ0) is 22.9. The summed E-state index contributed by atoms with van der Waals surface area (Å²) in [6.45, 7) is 1.75. The van der Waals surface area contributed by atoms with Gasteiger partial charge >= 0.3 is 0 Å². The van der Waals surface area contributed by atoms with E-state index in [1.165, 1.54) is 12.1 Å². The summed E-state index contributed by atoms with van der Waals surface area (Å²) in [4.78, 5) is 15.7. The predicted octanol–water partition coefficient (Wildman–Crippen LogP) is 4.66. The average molecular weight is 464 g/mol. The molecule has 1 radical (unpaired) electrons. The first kappa shape index (κ1) is 21.4. The van der Waals surface area contributed by atoms with Crippen molar-refractivity contribution < 1.29 is 9.50 Å². The van der Waals surface area contributed by atoms with E-state index < -0.39 is 11.6 Å². The topological polar surface area (TPSA) is 100 Å². The summed E-state index contributed by atoms with van der Waals surface area (Å²) in [6, 6.07) is 13.3. The number of rotatable bonds is 4. The van der Waals surface area contributed by atoms with Crippen LogP contribution in [-0.4, -0.2) is 39.2 Å². The monoisotopic (exact) mass is 463 g/mol. The number of piperidine rings is 1. The minimum Gasteiger partial charge on any atom is -0.504 e. The number of fused-ring (bicyclic) bond motifs is 1. The highest BCUT2D eigenvalue weighted by Crippen LogP contribution is 2.33. The van der Waals surface area contributed by atoms with Crippen molar-refractivity contribution in [1.82, 2.24) is 15.0 Å². The molecule has 0 amide bonds. The smallest absolute Gasteiger partial charge is 0.170 e. The molecule has 0 aliphatic carbocycles. The molecule has 4 N–H and O–H groups in total. The summed E-state index contributed by atoms with van der Waals surface area (Å²) in [5, 5.41) is 12.8. The molecule has 1 fully saturated rings. The first-order valence-electron chi connectivity index (χ1n) is 10.6. The molecule has 4 aromatic rings. The molecule has 33 heavy (non-hydrogen) atoms. The second kappa shape index (κ2) is 8.80. The Morgan fingerprint density at radius 3 is 2.85 bits per heavy atom. The van der Waals surface area contributed by atoms with Crippen molar-refractivity contribution in [3.63, 3.8) is 0 Å². The molecule has 4 heterocycles.